The minimum Gasteiger partial charge on any atom is -0.508 e. The number of carboxylic acids is 2. The van der Waals surface area contributed by atoms with Crippen LogP contribution < -0.4 is 0 Å². The Hall–Kier alpha value is -3.49. The highest BCUT2D eigenvalue weighted by atomic mass is 16.4. The molecule has 0 aliphatic carbocycles. The first kappa shape index (κ1) is 17.9. The summed E-state index contributed by atoms with van der Waals surface area (Å²) in [6.07, 6.45) is 0.891. The summed E-state index contributed by atoms with van der Waals surface area (Å²) in [5.74, 6) is -3.20. The van der Waals surface area contributed by atoms with Crippen molar-refractivity contribution in [1.29, 1.82) is 5.41 Å². The molecule has 1 amide bonds. The second kappa shape index (κ2) is 7.39. The van der Waals surface area contributed by atoms with Crippen molar-refractivity contribution in [3.05, 3.63) is 35.5 Å². The first-order valence-corrected chi connectivity index (χ1v) is 7.20. The number of amidine groups is 1. The first-order chi connectivity index (χ1) is 11.8. The highest BCUT2D eigenvalue weighted by Gasteiger charge is 2.33. The van der Waals surface area contributed by atoms with E-state index in [2.05, 4.69) is 4.99 Å². The summed E-state index contributed by atoms with van der Waals surface area (Å²) >= 11 is 0. The van der Waals surface area contributed by atoms with Crippen LogP contribution >= 0.6 is 0 Å². The molecule has 2 rings (SSSR count). The molecule has 0 radical (unpaired) electrons. The fraction of sp³-hybridized carbons (Fsp3) is 0.188. The largest absolute Gasteiger partial charge is 0.508 e. The zero-order chi connectivity index (χ0) is 18.6. The Morgan fingerprint density at radius 3 is 2.32 bits per heavy atom. The van der Waals surface area contributed by atoms with Crippen LogP contribution in [0.1, 0.15) is 18.4 Å². The van der Waals surface area contributed by atoms with Gasteiger partial charge >= 0.3 is 11.9 Å². The van der Waals surface area contributed by atoms with Crippen LogP contribution in [0.25, 0.3) is 6.08 Å². The number of aromatic hydroxyl groups is 1. The Labute approximate surface area is 142 Å². The molecule has 1 aliphatic rings. The molecule has 0 spiro atoms. The van der Waals surface area contributed by atoms with Gasteiger partial charge in [0, 0.05) is 6.42 Å². The van der Waals surface area contributed by atoms with Gasteiger partial charge in [-0.1, -0.05) is 12.1 Å². The second-order valence-electron chi connectivity index (χ2n) is 5.21. The number of carboxylic acid groups (broad SMARTS) is 2. The maximum absolute atomic E-state index is 12.4. The molecule has 1 heterocycles. The molecular weight excluding hydrogens is 330 g/mol. The van der Waals surface area contributed by atoms with E-state index >= 15 is 0 Å². The van der Waals surface area contributed by atoms with E-state index in [1.807, 2.05) is 0 Å². The van der Waals surface area contributed by atoms with E-state index in [9.17, 15) is 19.5 Å². The molecule has 1 aliphatic heterocycles. The molecule has 1 aromatic carbocycles. The van der Waals surface area contributed by atoms with Gasteiger partial charge in [0.1, 0.15) is 18.0 Å². The number of aliphatic carboxylic acids is 2. The van der Waals surface area contributed by atoms with Gasteiger partial charge in [-0.3, -0.25) is 19.3 Å². The van der Waals surface area contributed by atoms with Crippen LogP contribution in [-0.4, -0.2) is 56.2 Å². The smallest absolute Gasteiger partial charge is 0.323 e. The van der Waals surface area contributed by atoms with E-state index in [4.69, 9.17) is 15.6 Å². The predicted molar refractivity (Wildman–Crippen MR) is 87.5 cm³/mol. The van der Waals surface area contributed by atoms with E-state index in [1.54, 1.807) is 12.1 Å². The fourth-order valence-corrected chi connectivity index (χ4v) is 2.14. The number of carbonyl (C=O) groups excluding carboxylic acids is 1. The summed E-state index contributed by atoms with van der Waals surface area (Å²) in [5, 5.41) is 34.8. The van der Waals surface area contributed by atoms with Gasteiger partial charge < -0.3 is 20.7 Å². The van der Waals surface area contributed by atoms with Gasteiger partial charge in [0.2, 0.25) is 0 Å². The lowest BCUT2D eigenvalue weighted by atomic mass is 10.2. The van der Waals surface area contributed by atoms with E-state index in [0.717, 1.165) is 4.90 Å². The Kier molecular flexibility index (Phi) is 5.28. The van der Waals surface area contributed by atoms with Gasteiger partial charge in [0.25, 0.3) is 5.91 Å². The number of phenols is 1. The zero-order valence-corrected chi connectivity index (χ0v) is 13.0. The highest BCUT2D eigenvalue weighted by Crippen LogP contribution is 2.21. The van der Waals surface area contributed by atoms with Crippen LogP contribution in [0.15, 0.2) is 35.0 Å². The monoisotopic (exact) mass is 345 g/mol. The van der Waals surface area contributed by atoms with Crippen molar-refractivity contribution in [2.45, 2.75) is 12.8 Å². The SMILES string of the molecule is N=C(CCC(=O)O)C1=N/C(=C\c2ccc(O)cc2)C(=O)N1CC(=O)O. The highest BCUT2D eigenvalue weighted by molar-refractivity contribution is 6.46. The average Bonchev–Trinajstić information content (AvgIpc) is 2.83. The third-order valence-corrected chi connectivity index (χ3v) is 3.29. The number of nitrogens with one attached hydrogen (secondary N) is 1. The number of carbonyl (C=O) groups is 3. The van der Waals surface area contributed by atoms with E-state index in [-0.39, 0.29) is 35.8 Å². The van der Waals surface area contributed by atoms with E-state index < -0.39 is 24.4 Å². The molecule has 0 fully saturated rings. The number of nitrogens with zero attached hydrogens (tertiary/aromatic N) is 2. The predicted octanol–water partition coefficient (Wildman–Crippen LogP) is 0.943. The Morgan fingerprint density at radius 2 is 1.76 bits per heavy atom. The quantitative estimate of drug-likeness (QED) is 0.426. The van der Waals surface area contributed by atoms with Gasteiger partial charge in [-0.15, -0.1) is 0 Å². The lowest BCUT2D eigenvalue weighted by Crippen LogP contribution is -2.40. The minimum atomic E-state index is -1.28. The molecule has 130 valence electrons. The van der Waals surface area contributed by atoms with Crippen LogP contribution in [-0.2, 0) is 14.4 Å². The lowest BCUT2D eigenvalue weighted by Gasteiger charge is -2.15. The summed E-state index contributed by atoms with van der Waals surface area (Å²) in [6.45, 7) is -0.681. The third-order valence-electron chi connectivity index (χ3n) is 3.29. The molecule has 0 bridgehead atoms. The van der Waals surface area contributed by atoms with Gasteiger partial charge in [-0.25, -0.2) is 4.99 Å². The lowest BCUT2D eigenvalue weighted by molar-refractivity contribution is -0.140. The van der Waals surface area contributed by atoms with Gasteiger partial charge in [0.05, 0.1) is 12.1 Å². The Balaban J connectivity index is 2.33. The van der Waals surface area contributed by atoms with Gasteiger partial charge in [0.15, 0.2) is 5.84 Å². The summed E-state index contributed by atoms with van der Waals surface area (Å²) in [5.41, 5.74) is 0.256. The minimum absolute atomic E-state index is 0.0482. The van der Waals surface area contributed by atoms with Gasteiger partial charge in [-0.05, 0) is 23.8 Å². The van der Waals surface area contributed by atoms with Crippen LogP contribution in [0.4, 0.5) is 0 Å². The van der Waals surface area contributed by atoms with Crippen molar-refractivity contribution in [1.82, 2.24) is 4.90 Å². The van der Waals surface area contributed by atoms with Crippen molar-refractivity contribution in [3.63, 3.8) is 0 Å². The zero-order valence-electron chi connectivity index (χ0n) is 13.0. The number of rotatable bonds is 7. The normalized spacial score (nSPS) is 15.4. The van der Waals surface area contributed by atoms with Crippen LogP contribution in [0.2, 0.25) is 0 Å². The molecule has 4 N–H and O–H groups in total. The van der Waals surface area contributed by atoms with Crippen LogP contribution in [0.5, 0.6) is 5.75 Å². The number of aliphatic imine (C=N–C) groups is 1. The standard InChI is InChI=1S/C16H15N3O6/c17-11(5-6-13(21)22)15-18-12(16(25)19(15)8-14(23)24)7-9-1-3-10(20)4-2-9/h1-4,7,17,20H,5-6,8H2,(H,21,22)(H,23,24)/b12-7-,17-11?. The van der Waals surface area contributed by atoms with Crippen molar-refractivity contribution < 1.29 is 29.7 Å². The summed E-state index contributed by atoms with van der Waals surface area (Å²) < 4.78 is 0. The number of benzene rings is 1. The molecule has 0 unspecified atom stereocenters. The maximum Gasteiger partial charge on any atom is 0.323 e. The molecule has 0 saturated heterocycles. The molecule has 0 saturated carbocycles. The van der Waals surface area contributed by atoms with Crippen molar-refractivity contribution >= 4 is 35.5 Å². The van der Waals surface area contributed by atoms with Crippen molar-refractivity contribution in [3.8, 4) is 5.75 Å². The van der Waals surface area contributed by atoms with Crippen molar-refractivity contribution in [2.75, 3.05) is 6.54 Å². The summed E-state index contributed by atoms with van der Waals surface area (Å²) in [7, 11) is 0. The molecule has 9 nitrogen and oxygen atoms in total. The van der Waals surface area contributed by atoms with Crippen LogP contribution in [0.3, 0.4) is 0 Å². The fourth-order valence-electron chi connectivity index (χ4n) is 2.14. The molecular formula is C16H15N3O6. The number of hydrogen-bond donors (Lipinski definition) is 4. The third kappa shape index (κ3) is 4.50. The van der Waals surface area contributed by atoms with Gasteiger partial charge in [-0.2, -0.15) is 0 Å². The molecule has 25 heavy (non-hydrogen) atoms. The topological polar surface area (TPSA) is 151 Å². The summed E-state index contributed by atoms with van der Waals surface area (Å²) in [4.78, 5) is 38.8. The molecule has 1 aromatic rings. The Bertz CT molecular complexity index is 795. The van der Waals surface area contributed by atoms with E-state index in [0.29, 0.717) is 5.56 Å². The molecule has 0 aromatic heterocycles. The molecule has 9 heteroatoms. The average molecular weight is 345 g/mol. The first-order valence-electron chi connectivity index (χ1n) is 7.20. The number of hydrogen-bond acceptors (Lipinski definition) is 6. The van der Waals surface area contributed by atoms with E-state index in [1.165, 1.54) is 18.2 Å². The second-order valence-corrected chi connectivity index (χ2v) is 5.21. The number of phenolic OH excluding ortho intramolecular Hbond substituents is 1. The Morgan fingerprint density at radius 1 is 1.12 bits per heavy atom. The summed E-state index contributed by atoms with van der Waals surface area (Å²) in [6, 6.07) is 5.92. The maximum atomic E-state index is 12.4. The van der Waals surface area contributed by atoms with Crippen molar-refractivity contribution in [2.24, 2.45) is 4.99 Å². The molecule has 0 atom stereocenters. The number of amides is 1. The van der Waals surface area contributed by atoms with Crippen LogP contribution in [0, 0.1) is 5.41 Å².